The van der Waals surface area contributed by atoms with Crippen LogP contribution in [0.3, 0.4) is 0 Å². The van der Waals surface area contributed by atoms with Gasteiger partial charge >= 0.3 is 6.18 Å². The van der Waals surface area contributed by atoms with Crippen molar-refractivity contribution in [3.8, 4) is 0 Å². The second kappa shape index (κ2) is 5.60. The van der Waals surface area contributed by atoms with Crippen molar-refractivity contribution in [2.24, 2.45) is 0 Å². The van der Waals surface area contributed by atoms with Gasteiger partial charge in [-0.05, 0) is 30.3 Å². The maximum atomic E-state index is 12.3. The van der Waals surface area contributed by atoms with E-state index in [4.69, 9.17) is 17.3 Å². The predicted octanol–water partition coefficient (Wildman–Crippen LogP) is 3.31. The van der Waals surface area contributed by atoms with Crippen LogP contribution in [0.5, 0.6) is 0 Å². The van der Waals surface area contributed by atoms with Gasteiger partial charge in [-0.15, -0.1) is 0 Å². The summed E-state index contributed by atoms with van der Waals surface area (Å²) in [5, 5.41) is 0.430. The third-order valence-electron chi connectivity index (χ3n) is 2.31. The summed E-state index contributed by atoms with van der Waals surface area (Å²) in [5.74, 6) is 0. The third kappa shape index (κ3) is 4.83. The van der Waals surface area contributed by atoms with E-state index >= 15 is 0 Å². The van der Waals surface area contributed by atoms with Crippen molar-refractivity contribution in [3.63, 3.8) is 0 Å². The molecule has 0 saturated carbocycles. The molecule has 0 aliphatic heterocycles. The van der Waals surface area contributed by atoms with Crippen LogP contribution in [0.4, 0.5) is 18.9 Å². The molecule has 17 heavy (non-hydrogen) atoms. The van der Waals surface area contributed by atoms with Gasteiger partial charge in [0.2, 0.25) is 0 Å². The summed E-state index contributed by atoms with van der Waals surface area (Å²) in [6, 6.07) is 4.81. The second-order valence-corrected chi connectivity index (χ2v) is 4.18. The van der Waals surface area contributed by atoms with E-state index in [1.807, 2.05) is 0 Å². The zero-order valence-corrected chi connectivity index (χ0v) is 10.1. The van der Waals surface area contributed by atoms with E-state index in [9.17, 15) is 13.2 Å². The van der Waals surface area contributed by atoms with Gasteiger partial charge in [-0.2, -0.15) is 13.2 Å². The fraction of sp³-hybridized carbons (Fsp3) is 0.455. The molecule has 1 aromatic carbocycles. The number of anilines is 1. The van der Waals surface area contributed by atoms with Crippen LogP contribution >= 0.6 is 11.6 Å². The van der Waals surface area contributed by atoms with Crippen LogP contribution < -0.4 is 5.73 Å². The summed E-state index contributed by atoms with van der Waals surface area (Å²) in [7, 11) is 0. The lowest BCUT2D eigenvalue weighted by Crippen LogP contribution is -2.33. The molecule has 0 aliphatic rings. The molecule has 6 heteroatoms. The Bertz CT molecular complexity index is 379. The minimum absolute atomic E-state index is 0.139. The summed E-state index contributed by atoms with van der Waals surface area (Å²) in [6.07, 6.45) is -4.21. The third-order valence-corrected chi connectivity index (χ3v) is 2.68. The van der Waals surface area contributed by atoms with Gasteiger partial charge in [-0.1, -0.05) is 18.5 Å². The Kier molecular flexibility index (Phi) is 4.65. The van der Waals surface area contributed by atoms with Crippen LogP contribution in [0.1, 0.15) is 12.5 Å². The predicted molar refractivity (Wildman–Crippen MR) is 62.9 cm³/mol. The first kappa shape index (κ1) is 14.1. The van der Waals surface area contributed by atoms with E-state index in [1.165, 1.54) is 4.90 Å². The molecule has 0 unspecified atom stereocenters. The molecule has 1 rings (SSSR count). The normalized spacial score (nSPS) is 12.1. The van der Waals surface area contributed by atoms with Gasteiger partial charge in [0.15, 0.2) is 0 Å². The van der Waals surface area contributed by atoms with Crippen molar-refractivity contribution < 1.29 is 13.2 Å². The minimum atomic E-state index is -4.21. The van der Waals surface area contributed by atoms with Crippen LogP contribution in [0.15, 0.2) is 18.2 Å². The average Bonchev–Trinajstić information content (AvgIpc) is 2.20. The van der Waals surface area contributed by atoms with E-state index in [0.29, 0.717) is 22.8 Å². The highest BCUT2D eigenvalue weighted by Crippen LogP contribution is 2.23. The Morgan fingerprint density at radius 2 is 2.00 bits per heavy atom. The number of halogens is 4. The highest BCUT2D eigenvalue weighted by molar-refractivity contribution is 6.31. The fourth-order valence-electron chi connectivity index (χ4n) is 1.49. The van der Waals surface area contributed by atoms with Gasteiger partial charge in [0.25, 0.3) is 0 Å². The first-order valence-corrected chi connectivity index (χ1v) is 5.52. The molecule has 0 aromatic heterocycles. The van der Waals surface area contributed by atoms with Gasteiger partial charge in [0, 0.05) is 17.3 Å². The standard InChI is InChI=1S/C11H14ClF3N2/c1-2-17(7-11(13,14)15)6-8-5-9(16)3-4-10(8)12/h3-5H,2,6-7,16H2,1H3. The molecule has 0 heterocycles. The number of benzene rings is 1. The van der Waals surface area contributed by atoms with Crippen LogP contribution in [0.2, 0.25) is 5.02 Å². The average molecular weight is 267 g/mol. The number of alkyl halides is 3. The Morgan fingerprint density at radius 1 is 1.35 bits per heavy atom. The maximum Gasteiger partial charge on any atom is 0.401 e. The molecule has 2 nitrogen and oxygen atoms in total. The molecular formula is C11H14ClF3N2. The monoisotopic (exact) mass is 266 g/mol. The Balaban J connectivity index is 2.77. The Morgan fingerprint density at radius 3 is 2.53 bits per heavy atom. The van der Waals surface area contributed by atoms with Gasteiger partial charge in [0.05, 0.1) is 6.54 Å². The largest absolute Gasteiger partial charge is 0.401 e. The first-order valence-electron chi connectivity index (χ1n) is 5.15. The number of nitrogens with zero attached hydrogens (tertiary/aromatic N) is 1. The van der Waals surface area contributed by atoms with Gasteiger partial charge in [-0.3, -0.25) is 4.90 Å². The number of rotatable bonds is 4. The van der Waals surface area contributed by atoms with Gasteiger partial charge < -0.3 is 5.73 Å². The number of nitrogen functional groups attached to an aromatic ring is 1. The van der Waals surface area contributed by atoms with Crippen LogP contribution in [-0.4, -0.2) is 24.2 Å². The van der Waals surface area contributed by atoms with Gasteiger partial charge in [0.1, 0.15) is 0 Å². The zero-order chi connectivity index (χ0) is 13.1. The van der Waals surface area contributed by atoms with Crippen LogP contribution in [-0.2, 0) is 6.54 Å². The highest BCUT2D eigenvalue weighted by Gasteiger charge is 2.30. The van der Waals surface area contributed by atoms with Crippen molar-refractivity contribution in [2.75, 3.05) is 18.8 Å². The second-order valence-electron chi connectivity index (χ2n) is 3.77. The van der Waals surface area contributed by atoms with Crippen LogP contribution in [0, 0.1) is 0 Å². The molecule has 96 valence electrons. The maximum absolute atomic E-state index is 12.3. The molecule has 1 aromatic rings. The Hall–Kier alpha value is -0.940. The van der Waals surface area contributed by atoms with Crippen molar-refractivity contribution in [1.82, 2.24) is 4.90 Å². The molecule has 0 fully saturated rings. The molecule has 0 saturated heterocycles. The molecule has 0 aliphatic carbocycles. The number of hydrogen-bond donors (Lipinski definition) is 1. The summed E-state index contributed by atoms with van der Waals surface area (Å²) in [5.41, 5.74) is 6.67. The summed E-state index contributed by atoms with van der Waals surface area (Å²) in [6.45, 7) is 1.16. The molecule has 0 atom stereocenters. The molecule has 2 N–H and O–H groups in total. The number of hydrogen-bond acceptors (Lipinski definition) is 2. The van der Waals surface area contributed by atoms with Gasteiger partial charge in [-0.25, -0.2) is 0 Å². The van der Waals surface area contributed by atoms with Crippen LogP contribution in [0.25, 0.3) is 0 Å². The lowest BCUT2D eigenvalue weighted by molar-refractivity contribution is -0.146. The quantitative estimate of drug-likeness (QED) is 0.847. The van der Waals surface area contributed by atoms with Crippen molar-refractivity contribution in [1.29, 1.82) is 0 Å². The molecule has 0 radical (unpaired) electrons. The minimum Gasteiger partial charge on any atom is -0.399 e. The zero-order valence-electron chi connectivity index (χ0n) is 9.39. The summed E-state index contributed by atoms with van der Waals surface area (Å²) >= 11 is 5.91. The van der Waals surface area contributed by atoms with E-state index in [2.05, 4.69) is 0 Å². The number of nitrogens with two attached hydrogens (primary N) is 1. The topological polar surface area (TPSA) is 29.3 Å². The van der Waals surface area contributed by atoms with Crippen molar-refractivity contribution in [2.45, 2.75) is 19.6 Å². The van der Waals surface area contributed by atoms with E-state index in [0.717, 1.165) is 0 Å². The highest BCUT2D eigenvalue weighted by atomic mass is 35.5. The fourth-order valence-corrected chi connectivity index (χ4v) is 1.67. The summed E-state index contributed by atoms with van der Waals surface area (Å²) < 4.78 is 36.8. The Labute approximate surface area is 103 Å². The first-order chi connectivity index (χ1) is 7.81. The van der Waals surface area contributed by atoms with E-state index in [1.54, 1.807) is 25.1 Å². The molecule has 0 bridgehead atoms. The molecule has 0 spiro atoms. The summed E-state index contributed by atoms with van der Waals surface area (Å²) in [4.78, 5) is 1.26. The SMILES string of the molecule is CCN(Cc1cc(N)ccc1Cl)CC(F)(F)F. The lowest BCUT2D eigenvalue weighted by atomic mass is 10.2. The van der Waals surface area contributed by atoms with Crippen molar-refractivity contribution >= 4 is 17.3 Å². The van der Waals surface area contributed by atoms with E-state index < -0.39 is 12.7 Å². The molecule has 0 amide bonds. The smallest absolute Gasteiger partial charge is 0.399 e. The lowest BCUT2D eigenvalue weighted by Gasteiger charge is -2.22. The van der Waals surface area contributed by atoms with Crippen molar-refractivity contribution in [3.05, 3.63) is 28.8 Å². The van der Waals surface area contributed by atoms with E-state index in [-0.39, 0.29) is 6.54 Å². The molecular weight excluding hydrogens is 253 g/mol.